The number of piperidine rings is 1. The molecule has 118 valence electrons. The smallest absolute Gasteiger partial charge is 0.0366 e. The summed E-state index contributed by atoms with van der Waals surface area (Å²) in [5, 5.41) is 3.31. The van der Waals surface area contributed by atoms with Gasteiger partial charge in [0.25, 0.3) is 0 Å². The standard InChI is InChI=1S/C18H31N3/c1-4-21(5-2)18-8-6-17(7-9-18)15-20-12-10-16(11-13-20)14-19-3/h6-9,16,19H,4-5,10-15H2,1-3H3. The molecule has 0 aliphatic carbocycles. The van der Waals surface area contributed by atoms with E-state index in [1.807, 2.05) is 0 Å². The van der Waals surface area contributed by atoms with Gasteiger partial charge in [-0.3, -0.25) is 4.90 Å². The molecule has 3 heteroatoms. The number of rotatable bonds is 7. The summed E-state index contributed by atoms with van der Waals surface area (Å²) in [4.78, 5) is 4.99. The number of hydrogen-bond donors (Lipinski definition) is 1. The molecular formula is C18H31N3. The molecule has 1 heterocycles. The van der Waals surface area contributed by atoms with E-state index in [-0.39, 0.29) is 0 Å². The molecular weight excluding hydrogens is 258 g/mol. The van der Waals surface area contributed by atoms with E-state index in [1.165, 1.54) is 43.7 Å². The number of likely N-dealkylation sites (tertiary alicyclic amines) is 1. The van der Waals surface area contributed by atoms with Crippen LogP contribution in [0.25, 0.3) is 0 Å². The molecule has 1 aliphatic heterocycles. The molecule has 0 radical (unpaired) electrons. The van der Waals surface area contributed by atoms with E-state index in [0.29, 0.717) is 0 Å². The largest absolute Gasteiger partial charge is 0.372 e. The van der Waals surface area contributed by atoms with E-state index in [4.69, 9.17) is 0 Å². The first kappa shape index (κ1) is 16.3. The zero-order valence-electron chi connectivity index (χ0n) is 13.9. The van der Waals surface area contributed by atoms with Gasteiger partial charge >= 0.3 is 0 Å². The normalized spacial score (nSPS) is 17.1. The predicted molar refractivity (Wildman–Crippen MR) is 91.9 cm³/mol. The van der Waals surface area contributed by atoms with Crippen LogP contribution in [0.15, 0.2) is 24.3 Å². The van der Waals surface area contributed by atoms with E-state index >= 15 is 0 Å². The van der Waals surface area contributed by atoms with Crippen molar-refractivity contribution in [2.75, 3.05) is 44.7 Å². The maximum Gasteiger partial charge on any atom is 0.0366 e. The fraction of sp³-hybridized carbons (Fsp3) is 0.667. The summed E-state index contributed by atoms with van der Waals surface area (Å²) < 4.78 is 0. The van der Waals surface area contributed by atoms with Crippen LogP contribution in [0, 0.1) is 5.92 Å². The molecule has 0 saturated carbocycles. The SMILES string of the molecule is CCN(CC)c1ccc(CN2CCC(CNC)CC2)cc1. The zero-order chi connectivity index (χ0) is 15.1. The van der Waals surface area contributed by atoms with Crippen LogP contribution < -0.4 is 10.2 Å². The number of anilines is 1. The molecule has 2 rings (SSSR count). The van der Waals surface area contributed by atoms with Gasteiger partial charge < -0.3 is 10.2 Å². The Morgan fingerprint density at radius 3 is 2.24 bits per heavy atom. The number of nitrogens with one attached hydrogen (secondary N) is 1. The molecule has 1 aliphatic rings. The number of hydrogen-bond acceptors (Lipinski definition) is 3. The lowest BCUT2D eigenvalue weighted by Gasteiger charge is -2.32. The number of benzene rings is 1. The first-order valence-electron chi connectivity index (χ1n) is 8.47. The first-order valence-corrected chi connectivity index (χ1v) is 8.47. The monoisotopic (exact) mass is 289 g/mol. The molecule has 0 atom stereocenters. The van der Waals surface area contributed by atoms with E-state index in [0.717, 1.165) is 25.6 Å². The van der Waals surface area contributed by atoms with Crippen LogP contribution in [0.3, 0.4) is 0 Å². The lowest BCUT2D eigenvalue weighted by molar-refractivity contribution is 0.177. The molecule has 0 spiro atoms. The van der Waals surface area contributed by atoms with E-state index < -0.39 is 0 Å². The quantitative estimate of drug-likeness (QED) is 0.832. The van der Waals surface area contributed by atoms with E-state index in [2.05, 4.69) is 60.3 Å². The van der Waals surface area contributed by atoms with Crippen LogP contribution in [0.1, 0.15) is 32.3 Å². The Bertz CT molecular complexity index is 389. The van der Waals surface area contributed by atoms with Crippen LogP contribution >= 0.6 is 0 Å². The fourth-order valence-corrected chi connectivity index (χ4v) is 3.30. The molecule has 21 heavy (non-hydrogen) atoms. The van der Waals surface area contributed by atoms with Crippen LogP contribution in [-0.2, 0) is 6.54 Å². The maximum absolute atomic E-state index is 3.31. The second-order valence-corrected chi connectivity index (χ2v) is 6.12. The van der Waals surface area contributed by atoms with Crippen LogP contribution in [0.5, 0.6) is 0 Å². The van der Waals surface area contributed by atoms with Crippen LogP contribution in [0.2, 0.25) is 0 Å². The molecule has 1 fully saturated rings. The summed E-state index contributed by atoms with van der Waals surface area (Å²) in [7, 11) is 2.06. The third-order valence-electron chi connectivity index (χ3n) is 4.67. The minimum atomic E-state index is 0.872. The van der Waals surface area contributed by atoms with Gasteiger partial charge in [-0.15, -0.1) is 0 Å². The highest BCUT2D eigenvalue weighted by Gasteiger charge is 2.18. The molecule has 1 aromatic rings. The minimum Gasteiger partial charge on any atom is -0.372 e. The zero-order valence-corrected chi connectivity index (χ0v) is 13.9. The first-order chi connectivity index (χ1) is 10.3. The average Bonchev–Trinajstić information content (AvgIpc) is 2.52. The maximum atomic E-state index is 3.31. The Morgan fingerprint density at radius 1 is 1.10 bits per heavy atom. The Kier molecular flexibility index (Phi) is 6.52. The predicted octanol–water partition coefficient (Wildman–Crippen LogP) is 2.96. The lowest BCUT2D eigenvalue weighted by atomic mass is 9.96. The molecule has 0 bridgehead atoms. The molecule has 0 aromatic heterocycles. The highest BCUT2D eigenvalue weighted by molar-refractivity contribution is 5.47. The Balaban J connectivity index is 1.84. The Morgan fingerprint density at radius 2 is 1.71 bits per heavy atom. The summed E-state index contributed by atoms with van der Waals surface area (Å²) in [5.41, 5.74) is 2.79. The molecule has 1 aromatic carbocycles. The van der Waals surface area contributed by atoms with Crippen molar-refractivity contribution in [2.45, 2.75) is 33.2 Å². The summed E-state index contributed by atoms with van der Waals surface area (Å²) in [5.74, 6) is 0.872. The highest BCUT2D eigenvalue weighted by Crippen LogP contribution is 2.20. The van der Waals surface area contributed by atoms with Crippen LogP contribution in [0.4, 0.5) is 5.69 Å². The van der Waals surface area contributed by atoms with Gasteiger partial charge in [-0.2, -0.15) is 0 Å². The van der Waals surface area contributed by atoms with Gasteiger partial charge in [0.1, 0.15) is 0 Å². The van der Waals surface area contributed by atoms with E-state index in [1.54, 1.807) is 0 Å². The topological polar surface area (TPSA) is 18.5 Å². The third-order valence-corrected chi connectivity index (χ3v) is 4.67. The highest BCUT2D eigenvalue weighted by atomic mass is 15.1. The van der Waals surface area contributed by atoms with Gasteiger partial charge in [-0.25, -0.2) is 0 Å². The minimum absolute atomic E-state index is 0.872. The van der Waals surface area contributed by atoms with Crippen molar-refractivity contribution in [3.8, 4) is 0 Å². The lowest BCUT2D eigenvalue weighted by Crippen LogP contribution is -2.36. The van der Waals surface area contributed by atoms with Gasteiger partial charge in [0.2, 0.25) is 0 Å². The second kappa shape index (κ2) is 8.40. The van der Waals surface area contributed by atoms with Crippen molar-refractivity contribution in [1.29, 1.82) is 0 Å². The third kappa shape index (κ3) is 4.72. The Hall–Kier alpha value is -1.06. The van der Waals surface area contributed by atoms with Gasteiger partial charge in [-0.05, 0) is 77.0 Å². The van der Waals surface area contributed by atoms with Crippen molar-refractivity contribution < 1.29 is 0 Å². The molecule has 1 saturated heterocycles. The van der Waals surface area contributed by atoms with E-state index in [9.17, 15) is 0 Å². The fourth-order valence-electron chi connectivity index (χ4n) is 3.30. The molecule has 0 amide bonds. The van der Waals surface area contributed by atoms with Gasteiger partial charge in [0, 0.05) is 25.3 Å². The van der Waals surface area contributed by atoms with Crippen LogP contribution in [-0.4, -0.2) is 44.7 Å². The summed E-state index contributed by atoms with van der Waals surface area (Å²) in [6.07, 6.45) is 2.66. The van der Waals surface area contributed by atoms with Crippen molar-refractivity contribution >= 4 is 5.69 Å². The van der Waals surface area contributed by atoms with Gasteiger partial charge in [0.05, 0.1) is 0 Å². The molecule has 0 unspecified atom stereocenters. The van der Waals surface area contributed by atoms with Gasteiger partial charge in [-0.1, -0.05) is 12.1 Å². The Labute approximate surface area is 130 Å². The second-order valence-electron chi connectivity index (χ2n) is 6.12. The van der Waals surface area contributed by atoms with Crippen molar-refractivity contribution in [3.63, 3.8) is 0 Å². The van der Waals surface area contributed by atoms with Crippen molar-refractivity contribution in [3.05, 3.63) is 29.8 Å². The van der Waals surface area contributed by atoms with Crippen molar-refractivity contribution in [1.82, 2.24) is 10.2 Å². The number of nitrogens with zero attached hydrogens (tertiary/aromatic N) is 2. The molecule has 3 nitrogen and oxygen atoms in total. The summed E-state index contributed by atoms with van der Waals surface area (Å²) in [6.45, 7) is 11.3. The summed E-state index contributed by atoms with van der Waals surface area (Å²) >= 11 is 0. The van der Waals surface area contributed by atoms with Gasteiger partial charge in [0.15, 0.2) is 0 Å². The summed E-state index contributed by atoms with van der Waals surface area (Å²) in [6, 6.07) is 9.15. The molecule has 1 N–H and O–H groups in total. The van der Waals surface area contributed by atoms with Crippen molar-refractivity contribution in [2.24, 2.45) is 5.92 Å². The average molecular weight is 289 g/mol.